The van der Waals surface area contributed by atoms with E-state index in [0.29, 0.717) is 0 Å². The molecule has 2 aromatic rings. The molecule has 0 aliphatic rings. The Morgan fingerprint density at radius 3 is 3.00 bits per heavy atom. The van der Waals surface area contributed by atoms with Crippen molar-refractivity contribution in [2.24, 2.45) is 0 Å². The first-order valence-corrected chi connectivity index (χ1v) is 7.54. The molecule has 0 bridgehead atoms. The van der Waals surface area contributed by atoms with Gasteiger partial charge in [0.2, 0.25) is 0 Å². The molecule has 0 amide bonds. The Labute approximate surface area is 115 Å². The van der Waals surface area contributed by atoms with Crippen LogP contribution in [0.1, 0.15) is 23.8 Å². The molecule has 0 aliphatic carbocycles. The number of hydrogen-bond acceptors (Lipinski definition) is 2. The van der Waals surface area contributed by atoms with Gasteiger partial charge in [-0.15, -0.1) is 11.3 Å². The van der Waals surface area contributed by atoms with E-state index in [0.717, 1.165) is 19.6 Å². The Hall–Kier alpha value is -0.580. The van der Waals surface area contributed by atoms with Gasteiger partial charge in [-0.05, 0) is 52.0 Å². The Morgan fingerprint density at radius 1 is 1.41 bits per heavy atom. The summed E-state index contributed by atoms with van der Waals surface area (Å²) < 4.78 is 3.45. The fourth-order valence-corrected chi connectivity index (χ4v) is 3.19. The molecule has 0 unspecified atom stereocenters. The summed E-state index contributed by atoms with van der Waals surface area (Å²) in [6, 6.07) is 4.29. The molecule has 0 aromatic carbocycles. The van der Waals surface area contributed by atoms with Crippen molar-refractivity contribution in [1.29, 1.82) is 0 Å². The van der Waals surface area contributed by atoms with Gasteiger partial charge in [0.05, 0.1) is 6.54 Å². The van der Waals surface area contributed by atoms with E-state index in [4.69, 9.17) is 0 Å². The lowest BCUT2D eigenvalue weighted by Gasteiger charge is -2.02. The van der Waals surface area contributed by atoms with Crippen LogP contribution in [0.5, 0.6) is 0 Å². The van der Waals surface area contributed by atoms with Gasteiger partial charge in [0.25, 0.3) is 0 Å². The van der Waals surface area contributed by atoms with E-state index in [9.17, 15) is 0 Å². The van der Waals surface area contributed by atoms with E-state index in [2.05, 4.69) is 62.6 Å². The van der Waals surface area contributed by atoms with Crippen molar-refractivity contribution in [3.8, 4) is 0 Å². The molecule has 0 saturated carbocycles. The summed E-state index contributed by atoms with van der Waals surface area (Å²) in [6.07, 6.45) is 5.55. The predicted octanol–water partition coefficient (Wildman–Crippen LogP) is 3.86. The van der Waals surface area contributed by atoms with Crippen LogP contribution in [0.4, 0.5) is 0 Å². The highest BCUT2D eigenvalue weighted by atomic mass is 79.9. The summed E-state index contributed by atoms with van der Waals surface area (Å²) in [7, 11) is 0. The summed E-state index contributed by atoms with van der Waals surface area (Å²) in [6.45, 7) is 5.19. The highest BCUT2D eigenvalue weighted by Crippen LogP contribution is 2.23. The number of halogens is 1. The van der Waals surface area contributed by atoms with Crippen LogP contribution in [-0.2, 0) is 13.1 Å². The summed E-state index contributed by atoms with van der Waals surface area (Å²) in [5.74, 6) is 0. The first kappa shape index (κ1) is 12.9. The van der Waals surface area contributed by atoms with Crippen molar-refractivity contribution < 1.29 is 0 Å². The zero-order valence-electron chi connectivity index (χ0n) is 9.95. The number of hydrogen-bond donors (Lipinski definition) is 1. The fourth-order valence-electron chi connectivity index (χ4n) is 1.71. The van der Waals surface area contributed by atoms with Crippen LogP contribution in [0.3, 0.4) is 0 Å². The third-order valence-electron chi connectivity index (χ3n) is 2.58. The third-order valence-corrected chi connectivity index (χ3v) is 4.50. The molecule has 4 heteroatoms. The van der Waals surface area contributed by atoms with Crippen LogP contribution < -0.4 is 5.32 Å². The minimum absolute atomic E-state index is 0.950. The van der Waals surface area contributed by atoms with Crippen molar-refractivity contribution in [1.82, 2.24) is 9.88 Å². The second-order valence-electron chi connectivity index (χ2n) is 4.06. The van der Waals surface area contributed by atoms with Gasteiger partial charge in [-0.25, -0.2) is 0 Å². The molecule has 0 aliphatic heterocycles. The van der Waals surface area contributed by atoms with Crippen LogP contribution in [0.15, 0.2) is 34.4 Å². The quantitative estimate of drug-likeness (QED) is 0.801. The second kappa shape index (κ2) is 6.38. The molecule has 92 valence electrons. The highest BCUT2D eigenvalue weighted by Gasteiger charge is 2.02. The zero-order chi connectivity index (χ0) is 12.1. The van der Waals surface area contributed by atoms with Crippen LogP contribution in [0.25, 0.3) is 0 Å². The van der Waals surface area contributed by atoms with Crippen molar-refractivity contribution in [3.63, 3.8) is 0 Å². The van der Waals surface area contributed by atoms with E-state index in [1.165, 1.54) is 21.3 Å². The van der Waals surface area contributed by atoms with E-state index in [1.807, 2.05) is 0 Å². The minimum Gasteiger partial charge on any atom is -0.349 e. The molecule has 0 radical (unpaired) electrons. The number of aromatic nitrogens is 1. The molecule has 17 heavy (non-hydrogen) atoms. The van der Waals surface area contributed by atoms with E-state index < -0.39 is 0 Å². The first-order chi connectivity index (χ1) is 8.29. The maximum Gasteiger partial charge on any atom is 0.0574 e. The molecule has 2 aromatic heterocycles. The molecular weight excluding hydrogens is 296 g/mol. The van der Waals surface area contributed by atoms with Gasteiger partial charge in [-0.2, -0.15) is 0 Å². The Bertz CT molecular complexity index is 461. The van der Waals surface area contributed by atoms with Crippen molar-refractivity contribution in [2.45, 2.75) is 26.4 Å². The van der Waals surface area contributed by atoms with Crippen LogP contribution in [-0.4, -0.2) is 11.1 Å². The monoisotopic (exact) mass is 312 g/mol. The van der Waals surface area contributed by atoms with Gasteiger partial charge in [0.15, 0.2) is 0 Å². The lowest BCUT2D eigenvalue weighted by atomic mass is 10.3. The molecule has 0 saturated heterocycles. The molecule has 2 heterocycles. The molecule has 1 N–H and O–H groups in total. The van der Waals surface area contributed by atoms with Gasteiger partial charge in [-0.1, -0.05) is 6.92 Å². The average molecular weight is 313 g/mol. The lowest BCUT2D eigenvalue weighted by molar-refractivity contribution is 0.673. The number of rotatable bonds is 6. The summed E-state index contributed by atoms with van der Waals surface area (Å²) in [4.78, 5) is 1.37. The van der Waals surface area contributed by atoms with Crippen molar-refractivity contribution >= 4 is 27.3 Å². The number of thiophene rings is 1. The van der Waals surface area contributed by atoms with Gasteiger partial charge >= 0.3 is 0 Å². The summed E-state index contributed by atoms with van der Waals surface area (Å²) in [5.41, 5.74) is 1.35. The maximum absolute atomic E-state index is 3.57. The standard InChI is InChI=1S/C13H17BrN2S/c1-2-5-15-8-11-3-6-16(9-11)10-13-12(14)4-7-17-13/h3-4,6-7,9,15H,2,5,8,10H2,1H3. The summed E-state index contributed by atoms with van der Waals surface area (Å²) >= 11 is 5.36. The zero-order valence-corrected chi connectivity index (χ0v) is 12.4. The minimum atomic E-state index is 0.950. The van der Waals surface area contributed by atoms with Crippen molar-refractivity contribution in [2.75, 3.05) is 6.54 Å². The topological polar surface area (TPSA) is 17.0 Å². The largest absolute Gasteiger partial charge is 0.349 e. The molecule has 0 atom stereocenters. The highest BCUT2D eigenvalue weighted by molar-refractivity contribution is 9.10. The Kier molecular flexibility index (Phi) is 4.83. The van der Waals surface area contributed by atoms with Gasteiger partial charge in [0.1, 0.15) is 0 Å². The summed E-state index contributed by atoms with van der Waals surface area (Å²) in [5, 5.41) is 5.53. The predicted molar refractivity (Wildman–Crippen MR) is 77.6 cm³/mol. The van der Waals surface area contributed by atoms with Gasteiger partial charge < -0.3 is 9.88 Å². The van der Waals surface area contributed by atoms with E-state index >= 15 is 0 Å². The Balaban J connectivity index is 1.92. The molecule has 0 fully saturated rings. The van der Waals surface area contributed by atoms with Gasteiger partial charge in [-0.3, -0.25) is 0 Å². The molecule has 2 rings (SSSR count). The molecule has 2 nitrogen and oxygen atoms in total. The van der Waals surface area contributed by atoms with Crippen LogP contribution in [0, 0.1) is 0 Å². The normalized spacial score (nSPS) is 10.9. The van der Waals surface area contributed by atoms with Crippen LogP contribution in [0.2, 0.25) is 0 Å². The maximum atomic E-state index is 3.57. The Morgan fingerprint density at radius 2 is 2.29 bits per heavy atom. The lowest BCUT2D eigenvalue weighted by Crippen LogP contribution is -2.13. The SMILES string of the molecule is CCCNCc1ccn(Cc2sccc2Br)c1. The first-order valence-electron chi connectivity index (χ1n) is 5.87. The van der Waals surface area contributed by atoms with Crippen LogP contribution >= 0.6 is 27.3 Å². The van der Waals surface area contributed by atoms with Crippen molar-refractivity contribution in [3.05, 3.63) is 44.8 Å². The number of nitrogens with one attached hydrogen (secondary N) is 1. The average Bonchev–Trinajstić information content (AvgIpc) is 2.91. The smallest absolute Gasteiger partial charge is 0.0574 e. The van der Waals surface area contributed by atoms with E-state index in [1.54, 1.807) is 11.3 Å². The fraction of sp³-hybridized carbons (Fsp3) is 0.385. The third kappa shape index (κ3) is 3.69. The van der Waals surface area contributed by atoms with Gasteiger partial charge in [0, 0.05) is 28.3 Å². The van der Waals surface area contributed by atoms with E-state index in [-0.39, 0.29) is 0 Å². The second-order valence-corrected chi connectivity index (χ2v) is 5.92. The molecule has 0 spiro atoms. The number of nitrogens with zero attached hydrogens (tertiary/aromatic N) is 1. The molecular formula is C13H17BrN2S.